The van der Waals surface area contributed by atoms with Crippen molar-refractivity contribution < 1.29 is 9.18 Å². The summed E-state index contributed by atoms with van der Waals surface area (Å²) in [6, 6.07) is 11.3. The fourth-order valence-corrected chi connectivity index (χ4v) is 3.42. The van der Waals surface area contributed by atoms with Crippen molar-refractivity contribution in [2.75, 3.05) is 12.3 Å². The number of nitrogens with one attached hydrogen (secondary N) is 1. The number of rotatable bonds is 6. The van der Waals surface area contributed by atoms with E-state index in [0.717, 1.165) is 5.56 Å². The van der Waals surface area contributed by atoms with E-state index >= 15 is 0 Å². The Labute approximate surface area is 143 Å². The summed E-state index contributed by atoms with van der Waals surface area (Å²) in [4.78, 5) is 11.8. The van der Waals surface area contributed by atoms with Gasteiger partial charge in [-0.15, -0.1) is 0 Å². The van der Waals surface area contributed by atoms with Crippen LogP contribution < -0.4 is 5.32 Å². The van der Waals surface area contributed by atoms with Gasteiger partial charge in [-0.1, -0.05) is 41.4 Å². The van der Waals surface area contributed by atoms with E-state index in [1.165, 1.54) is 12.1 Å². The van der Waals surface area contributed by atoms with Gasteiger partial charge >= 0.3 is 0 Å². The predicted octanol–water partition coefficient (Wildman–Crippen LogP) is 4.80. The molecule has 1 amide bonds. The first-order chi connectivity index (χ1) is 10.6. The van der Waals surface area contributed by atoms with Crippen LogP contribution in [0.25, 0.3) is 0 Å². The SMILES string of the molecule is O=C(NCCSCc1c(Cl)cccc1Cl)c1ccccc1F. The van der Waals surface area contributed by atoms with Gasteiger partial charge in [0.15, 0.2) is 0 Å². The standard InChI is InChI=1S/C16H14Cl2FNOS/c17-13-5-3-6-14(18)12(13)10-22-9-8-20-16(21)11-4-1-2-7-15(11)19/h1-7H,8-10H2,(H,20,21). The van der Waals surface area contributed by atoms with Crippen molar-refractivity contribution in [1.82, 2.24) is 5.32 Å². The van der Waals surface area contributed by atoms with Gasteiger partial charge in [0.1, 0.15) is 5.82 Å². The lowest BCUT2D eigenvalue weighted by molar-refractivity contribution is 0.0952. The Hall–Kier alpha value is -1.23. The lowest BCUT2D eigenvalue weighted by Crippen LogP contribution is -2.26. The second-order valence-electron chi connectivity index (χ2n) is 4.49. The molecule has 6 heteroatoms. The Bertz CT molecular complexity index is 646. The molecule has 2 aromatic rings. The molecule has 2 aromatic carbocycles. The van der Waals surface area contributed by atoms with Crippen LogP contribution >= 0.6 is 35.0 Å². The van der Waals surface area contributed by atoms with Gasteiger partial charge in [0.05, 0.1) is 5.56 Å². The van der Waals surface area contributed by atoms with Gasteiger partial charge in [-0.25, -0.2) is 4.39 Å². The summed E-state index contributed by atoms with van der Waals surface area (Å²) in [5, 5.41) is 3.96. The van der Waals surface area contributed by atoms with E-state index in [1.807, 2.05) is 0 Å². The van der Waals surface area contributed by atoms with E-state index in [9.17, 15) is 9.18 Å². The highest BCUT2D eigenvalue weighted by Crippen LogP contribution is 2.27. The number of hydrogen-bond donors (Lipinski definition) is 1. The van der Waals surface area contributed by atoms with Crippen LogP contribution in [-0.2, 0) is 5.75 Å². The molecule has 0 atom stereocenters. The summed E-state index contributed by atoms with van der Waals surface area (Å²) in [6.07, 6.45) is 0. The lowest BCUT2D eigenvalue weighted by Gasteiger charge is -2.08. The van der Waals surface area contributed by atoms with Gasteiger partial charge in [0.2, 0.25) is 0 Å². The van der Waals surface area contributed by atoms with E-state index in [4.69, 9.17) is 23.2 Å². The minimum Gasteiger partial charge on any atom is -0.351 e. The van der Waals surface area contributed by atoms with Crippen molar-refractivity contribution in [2.45, 2.75) is 5.75 Å². The van der Waals surface area contributed by atoms with Crippen molar-refractivity contribution >= 4 is 40.9 Å². The molecule has 0 bridgehead atoms. The molecule has 0 aliphatic rings. The van der Waals surface area contributed by atoms with Crippen LogP contribution in [0.3, 0.4) is 0 Å². The molecular formula is C16H14Cl2FNOS. The molecule has 0 saturated carbocycles. The molecule has 0 aliphatic carbocycles. The zero-order valence-corrected chi connectivity index (χ0v) is 13.9. The molecule has 0 fully saturated rings. The fourth-order valence-electron chi connectivity index (χ4n) is 1.82. The Morgan fingerprint density at radius 3 is 2.45 bits per heavy atom. The quantitative estimate of drug-likeness (QED) is 0.752. The molecule has 22 heavy (non-hydrogen) atoms. The summed E-state index contributed by atoms with van der Waals surface area (Å²) in [6.45, 7) is 0.444. The molecule has 0 saturated heterocycles. The van der Waals surface area contributed by atoms with Gasteiger partial charge in [0, 0.05) is 28.1 Å². The molecular weight excluding hydrogens is 344 g/mol. The third kappa shape index (κ3) is 4.63. The molecule has 0 aromatic heterocycles. The maximum Gasteiger partial charge on any atom is 0.254 e. The first kappa shape index (κ1) is 17.1. The minimum atomic E-state index is -0.518. The summed E-state index contributed by atoms with van der Waals surface area (Å²) in [7, 11) is 0. The molecule has 0 spiro atoms. The number of carbonyl (C=O) groups is 1. The number of benzene rings is 2. The molecule has 116 valence electrons. The zero-order chi connectivity index (χ0) is 15.9. The number of carbonyl (C=O) groups excluding carboxylic acids is 1. The predicted molar refractivity (Wildman–Crippen MR) is 91.4 cm³/mol. The first-order valence-electron chi connectivity index (χ1n) is 6.63. The molecule has 2 rings (SSSR count). The van der Waals surface area contributed by atoms with E-state index < -0.39 is 11.7 Å². The molecule has 1 N–H and O–H groups in total. The van der Waals surface area contributed by atoms with Crippen molar-refractivity contribution in [2.24, 2.45) is 0 Å². The van der Waals surface area contributed by atoms with Crippen LogP contribution in [0.2, 0.25) is 10.0 Å². The van der Waals surface area contributed by atoms with E-state index in [2.05, 4.69) is 5.32 Å². The Kier molecular flexibility index (Phi) is 6.55. The van der Waals surface area contributed by atoms with Crippen LogP contribution in [0.1, 0.15) is 15.9 Å². The molecule has 0 aliphatic heterocycles. The largest absolute Gasteiger partial charge is 0.351 e. The van der Waals surface area contributed by atoms with Gasteiger partial charge in [-0.05, 0) is 29.8 Å². The molecule has 0 unspecified atom stereocenters. The van der Waals surface area contributed by atoms with E-state index in [-0.39, 0.29) is 5.56 Å². The fraction of sp³-hybridized carbons (Fsp3) is 0.188. The number of hydrogen-bond acceptors (Lipinski definition) is 2. The second kappa shape index (κ2) is 8.42. The summed E-state index contributed by atoms with van der Waals surface area (Å²) in [5.41, 5.74) is 0.943. The smallest absolute Gasteiger partial charge is 0.254 e. The maximum atomic E-state index is 13.4. The highest BCUT2D eigenvalue weighted by atomic mass is 35.5. The van der Waals surface area contributed by atoms with Crippen molar-refractivity contribution in [3.05, 3.63) is 69.5 Å². The van der Waals surface area contributed by atoms with Crippen LogP contribution in [0.4, 0.5) is 4.39 Å². The maximum absolute atomic E-state index is 13.4. The van der Waals surface area contributed by atoms with Gasteiger partial charge in [0.25, 0.3) is 5.91 Å². The van der Waals surface area contributed by atoms with Crippen LogP contribution in [0.5, 0.6) is 0 Å². The van der Waals surface area contributed by atoms with Crippen LogP contribution in [-0.4, -0.2) is 18.2 Å². The van der Waals surface area contributed by atoms with E-state index in [0.29, 0.717) is 28.1 Å². The normalized spacial score (nSPS) is 10.5. The van der Waals surface area contributed by atoms with Crippen molar-refractivity contribution in [1.29, 1.82) is 0 Å². The van der Waals surface area contributed by atoms with Crippen molar-refractivity contribution in [3.8, 4) is 0 Å². The monoisotopic (exact) mass is 357 g/mol. The third-order valence-corrected chi connectivity index (χ3v) is 4.65. The van der Waals surface area contributed by atoms with E-state index in [1.54, 1.807) is 42.1 Å². The summed E-state index contributed by atoms with van der Waals surface area (Å²) < 4.78 is 13.4. The molecule has 0 heterocycles. The lowest BCUT2D eigenvalue weighted by atomic mass is 10.2. The average molecular weight is 358 g/mol. The van der Waals surface area contributed by atoms with Crippen molar-refractivity contribution in [3.63, 3.8) is 0 Å². The Morgan fingerprint density at radius 2 is 1.77 bits per heavy atom. The third-order valence-electron chi connectivity index (χ3n) is 2.96. The van der Waals surface area contributed by atoms with Crippen LogP contribution in [0.15, 0.2) is 42.5 Å². The van der Waals surface area contributed by atoms with Gasteiger partial charge < -0.3 is 5.32 Å². The Morgan fingerprint density at radius 1 is 1.09 bits per heavy atom. The summed E-state index contributed by atoms with van der Waals surface area (Å²) >= 11 is 13.8. The minimum absolute atomic E-state index is 0.0571. The first-order valence-corrected chi connectivity index (χ1v) is 8.54. The molecule has 2 nitrogen and oxygen atoms in total. The second-order valence-corrected chi connectivity index (χ2v) is 6.41. The highest BCUT2D eigenvalue weighted by molar-refractivity contribution is 7.98. The average Bonchev–Trinajstić information content (AvgIpc) is 2.49. The zero-order valence-electron chi connectivity index (χ0n) is 11.6. The Balaban J connectivity index is 1.76. The van der Waals surface area contributed by atoms with Gasteiger partial charge in [-0.2, -0.15) is 11.8 Å². The number of amides is 1. The number of thioether (sulfide) groups is 1. The number of halogens is 3. The van der Waals surface area contributed by atoms with Gasteiger partial charge in [-0.3, -0.25) is 4.79 Å². The van der Waals surface area contributed by atoms with Crippen LogP contribution in [0, 0.1) is 5.82 Å². The molecule has 0 radical (unpaired) electrons. The highest BCUT2D eigenvalue weighted by Gasteiger charge is 2.10. The summed E-state index contributed by atoms with van der Waals surface area (Å²) in [5.74, 6) is 0.417. The topological polar surface area (TPSA) is 29.1 Å².